The van der Waals surface area contributed by atoms with Crippen molar-refractivity contribution < 1.29 is 23.9 Å². The summed E-state index contributed by atoms with van der Waals surface area (Å²) in [6, 6.07) is 11.4. The van der Waals surface area contributed by atoms with E-state index in [4.69, 9.17) is 26.3 Å². The summed E-state index contributed by atoms with van der Waals surface area (Å²) in [5, 5.41) is 12.1. The Morgan fingerprint density at radius 2 is 1.76 bits per heavy atom. The fourth-order valence-corrected chi connectivity index (χ4v) is 2.13. The van der Waals surface area contributed by atoms with Gasteiger partial charge >= 0.3 is 0 Å². The number of amides is 1. The van der Waals surface area contributed by atoms with Crippen molar-refractivity contribution in [3.8, 4) is 11.4 Å². The van der Waals surface area contributed by atoms with Crippen LogP contribution in [0.3, 0.4) is 0 Å². The molecule has 0 aliphatic heterocycles. The van der Waals surface area contributed by atoms with Crippen LogP contribution in [0.1, 0.15) is 16.1 Å². The van der Waals surface area contributed by atoms with Crippen molar-refractivity contribution in [2.24, 2.45) is 0 Å². The standard InChI is InChI=1S/C11H10FN3O.C7H7ClO.2CH2O/c1-13-11(16)9-6-15(7-14-9)10-5-3-2-4-8(10)12;1-5-6(8)3-2-4-7(5)9;2*1-2/h2-7H,1H3,(H,13,16);2-4,9H,1H3;2*1H2. The minimum Gasteiger partial charge on any atom is -0.508 e. The molecule has 0 saturated heterocycles. The molecule has 9 heteroatoms. The number of phenols is 1. The second-order valence-electron chi connectivity index (χ2n) is 5.08. The van der Waals surface area contributed by atoms with E-state index in [1.165, 1.54) is 30.2 Å². The molecule has 0 atom stereocenters. The van der Waals surface area contributed by atoms with E-state index in [2.05, 4.69) is 10.3 Å². The van der Waals surface area contributed by atoms with Gasteiger partial charge in [-0.05, 0) is 31.2 Å². The molecular formula is C20H21ClFN3O4. The van der Waals surface area contributed by atoms with Crippen molar-refractivity contribution in [3.63, 3.8) is 0 Å². The van der Waals surface area contributed by atoms with Gasteiger partial charge in [-0.1, -0.05) is 29.8 Å². The van der Waals surface area contributed by atoms with Gasteiger partial charge in [-0.15, -0.1) is 0 Å². The molecule has 154 valence electrons. The lowest BCUT2D eigenvalue weighted by Gasteiger charge is -2.01. The highest BCUT2D eigenvalue weighted by Gasteiger charge is 2.09. The molecule has 2 N–H and O–H groups in total. The molecule has 1 amide bonds. The van der Waals surface area contributed by atoms with Gasteiger partial charge in [-0.3, -0.25) is 4.79 Å². The van der Waals surface area contributed by atoms with E-state index >= 15 is 0 Å². The molecule has 0 unspecified atom stereocenters. The SMILES string of the molecule is C=O.C=O.CNC(=O)c1cn(-c2ccccc2F)cn1.Cc1c(O)cccc1Cl. The second-order valence-corrected chi connectivity index (χ2v) is 5.49. The Labute approximate surface area is 172 Å². The molecule has 1 aromatic heterocycles. The fraction of sp³-hybridized carbons (Fsp3) is 0.100. The van der Waals surface area contributed by atoms with E-state index in [0.29, 0.717) is 10.7 Å². The normalized spacial score (nSPS) is 8.83. The predicted octanol–water partition coefficient (Wildman–Crippen LogP) is 3.36. The summed E-state index contributed by atoms with van der Waals surface area (Å²) in [4.78, 5) is 31.2. The molecule has 1 heterocycles. The van der Waals surface area contributed by atoms with Gasteiger partial charge in [0, 0.05) is 23.8 Å². The van der Waals surface area contributed by atoms with Crippen molar-refractivity contribution >= 4 is 31.1 Å². The smallest absolute Gasteiger partial charge is 0.271 e. The molecule has 0 fully saturated rings. The number of imidazole rings is 1. The third-order valence-electron chi connectivity index (χ3n) is 3.41. The van der Waals surface area contributed by atoms with Gasteiger partial charge in [0.1, 0.15) is 37.2 Å². The Balaban J connectivity index is 0.000000513. The zero-order chi connectivity index (χ0) is 22.4. The van der Waals surface area contributed by atoms with Crippen LogP contribution in [0.2, 0.25) is 5.02 Å². The number of benzene rings is 2. The highest BCUT2D eigenvalue weighted by molar-refractivity contribution is 6.31. The summed E-state index contributed by atoms with van der Waals surface area (Å²) >= 11 is 5.65. The lowest BCUT2D eigenvalue weighted by Crippen LogP contribution is -2.17. The van der Waals surface area contributed by atoms with Crippen molar-refractivity contribution in [2.45, 2.75) is 6.92 Å². The monoisotopic (exact) mass is 421 g/mol. The summed E-state index contributed by atoms with van der Waals surface area (Å²) in [6.45, 7) is 5.78. The van der Waals surface area contributed by atoms with Crippen LogP contribution in [-0.2, 0) is 9.59 Å². The maximum atomic E-state index is 13.4. The Hall–Kier alpha value is -3.52. The second kappa shape index (κ2) is 13.6. The first kappa shape index (κ1) is 25.5. The molecule has 0 spiro atoms. The van der Waals surface area contributed by atoms with Crippen LogP contribution >= 0.6 is 11.6 Å². The zero-order valence-corrected chi connectivity index (χ0v) is 16.7. The van der Waals surface area contributed by atoms with Crippen molar-refractivity contribution in [2.75, 3.05) is 7.05 Å². The average Bonchev–Trinajstić information content (AvgIpc) is 3.25. The number of para-hydroxylation sites is 1. The lowest BCUT2D eigenvalue weighted by atomic mass is 10.2. The van der Waals surface area contributed by atoms with Crippen LogP contribution in [-0.4, -0.2) is 41.2 Å². The maximum Gasteiger partial charge on any atom is 0.271 e. The Morgan fingerprint density at radius 3 is 2.28 bits per heavy atom. The van der Waals surface area contributed by atoms with Crippen LogP contribution in [0.15, 0.2) is 55.0 Å². The summed E-state index contributed by atoms with van der Waals surface area (Å²) in [7, 11) is 1.52. The first-order valence-corrected chi connectivity index (χ1v) is 8.34. The minimum atomic E-state index is -0.358. The third-order valence-corrected chi connectivity index (χ3v) is 3.82. The summed E-state index contributed by atoms with van der Waals surface area (Å²) in [5.74, 6) is -0.402. The van der Waals surface area contributed by atoms with E-state index < -0.39 is 0 Å². The Morgan fingerprint density at radius 1 is 1.14 bits per heavy atom. The van der Waals surface area contributed by atoms with Crippen molar-refractivity contribution in [1.29, 1.82) is 0 Å². The minimum absolute atomic E-state index is 0.252. The van der Waals surface area contributed by atoms with E-state index in [1.54, 1.807) is 43.3 Å². The molecule has 29 heavy (non-hydrogen) atoms. The van der Waals surface area contributed by atoms with E-state index in [-0.39, 0.29) is 23.2 Å². The summed E-state index contributed by atoms with van der Waals surface area (Å²) < 4.78 is 14.9. The molecule has 0 radical (unpaired) electrons. The van der Waals surface area contributed by atoms with Gasteiger partial charge in [0.25, 0.3) is 5.91 Å². The molecular weight excluding hydrogens is 401 g/mol. The van der Waals surface area contributed by atoms with Gasteiger partial charge < -0.3 is 24.6 Å². The maximum absolute atomic E-state index is 13.4. The molecule has 7 nitrogen and oxygen atoms in total. The highest BCUT2D eigenvalue weighted by atomic mass is 35.5. The van der Waals surface area contributed by atoms with Crippen LogP contribution in [0.4, 0.5) is 4.39 Å². The predicted molar refractivity (Wildman–Crippen MR) is 109 cm³/mol. The quantitative estimate of drug-likeness (QED) is 0.660. The summed E-state index contributed by atoms with van der Waals surface area (Å²) in [5.41, 5.74) is 1.36. The van der Waals surface area contributed by atoms with Gasteiger partial charge in [0.2, 0.25) is 0 Å². The number of hydrogen-bond acceptors (Lipinski definition) is 5. The molecule has 0 saturated carbocycles. The lowest BCUT2D eigenvalue weighted by molar-refractivity contribution is -0.0987. The number of phenolic OH excluding ortho intramolecular Hbond substituents is 1. The number of hydrogen-bond donors (Lipinski definition) is 2. The van der Waals surface area contributed by atoms with E-state index in [1.807, 2.05) is 13.6 Å². The number of aromatic nitrogens is 2. The molecule has 0 bridgehead atoms. The van der Waals surface area contributed by atoms with Crippen LogP contribution < -0.4 is 5.32 Å². The summed E-state index contributed by atoms with van der Waals surface area (Å²) in [6.07, 6.45) is 2.89. The number of nitrogens with one attached hydrogen (secondary N) is 1. The first-order chi connectivity index (χ1) is 13.9. The van der Waals surface area contributed by atoms with E-state index in [9.17, 15) is 9.18 Å². The largest absolute Gasteiger partial charge is 0.508 e. The van der Waals surface area contributed by atoms with Crippen LogP contribution in [0, 0.1) is 12.7 Å². The average molecular weight is 422 g/mol. The molecule has 3 aromatic rings. The van der Waals surface area contributed by atoms with Gasteiger partial charge in [-0.25, -0.2) is 9.37 Å². The topological polar surface area (TPSA) is 101 Å². The number of rotatable bonds is 2. The molecule has 3 rings (SSSR count). The number of halogens is 2. The number of carbonyl (C=O) groups excluding carboxylic acids is 3. The first-order valence-electron chi connectivity index (χ1n) is 7.96. The van der Waals surface area contributed by atoms with Crippen LogP contribution in [0.5, 0.6) is 5.75 Å². The fourth-order valence-electron chi connectivity index (χ4n) is 1.96. The van der Waals surface area contributed by atoms with Gasteiger partial charge in [0.05, 0.1) is 5.69 Å². The molecule has 0 aliphatic rings. The third kappa shape index (κ3) is 7.55. The number of aromatic hydroxyl groups is 1. The Kier molecular flexibility index (Phi) is 12.0. The number of nitrogens with zero attached hydrogens (tertiary/aromatic N) is 2. The van der Waals surface area contributed by atoms with Gasteiger partial charge in [-0.2, -0.15) is 0 Å². The van der Waals surface area contributed by atoms with Crippen LogP contribution in [0.25, 0.3) is 5.69 Å². The molecule has 2 aromatic carbocycles. The van der Waals surface area contributed by atoms with Crippen molar-refractivity contribution in [3.05, 3.63) is 77.1 Å². The highest BCUT2D eigenvalue weighted by Crippen LogP contribution is 2.22. The van der Waals surface area contributed by atoms with Crippen molar-refractivity contribution in [1.82, 2.24) is 14.9 Å². The van der Waals surface area contributed by atoms with E-state index in [0.717, 1.165) is 5.56 Å². The molecule has 0 aliphatic carbocycles. The van der Waals surface area contributed by atoms with Gasteiger partial charge in [0.15, 0.2) is 0 Å². The number of carbonyl (C=O) groups is 3. The zero-order valence-electron chi connectivity index (χ0n) is 15.9. The Bertz CT molecular complexity index is 896.